The highest BCUT2D eigenvalue weighted by atomic mass is 16.5. The van der Waals surface area contributed by atoms with Crippen LogP contribution in [0.4, 0.5) is 0 Å². The number of nitrogen functional groups attached to an aromatic ring is 1. The van der Waals surface area contributed by atoms with E-state index >= 15 is 0 Å². The minimum Gasteiger partial charge on any atom is -0.492 e. The molecule has 0 aromatic heterocycles. The summed E-state index contributed by atoms with van der Waals surface area (Å²) in [6.45, 7) is 8.03. The van der Waals surface area contributed by atoms with Gasteiger partial charge in [-0.15, -0.1) is 0 Å². The lowest BCUT2D eigenvalue weighted by atomic mass is 10.2. The third kappa shape index (κ3) is 6.14. The molecule has 0 aliphatic rings. The predicted octanol–water partition coefficient (Wildman–Crippen LogP) is 1.62. The second kappa shape index (κ2) is 8.64. The van der Waals surface area contributed by atoms with E-state index in [-0.39, 0.29) is 5.84 Å². The highest BCUT2D eigenvalue weighted by molar-refractivity contribution is 5.94. The number of amidine groups is 1. The average molecular weight is 292 g/mol. The van der Waals surface area contributed by atoms with Crippen LogP contribution in [0.5, 0.6) is 5.75 Å². The third-order valence-corrected chi connectivity index (χ3v) is 3.47. The quantitative estimate of drug-likeness (QED) is 0.536. The van der Waals surface area contributed by atoms with Crippen LogP contribution in [0, 0.1) is 5.41 Å². The van der Waals surface area contributed by atoms with Gasteiger partial charge in [0.2, 0.25) is 0 Å². The number of nitrogens with zero attached hydrogens (tertiary/aromatic N) is 2. The van der Waals surface area contributed by atoms with Crippen LogP contribution in [0.3, 0.4) is 0 Å². The molecule has 1 atom stereocenters. The number of nitrogens with two attached hydrogens (primary N) is 1. The van der Waals surface area contributed by atoms with Gasteiger partial charge in [-0.2, -0.15) is 0 Å². The average Bonchev–Trinajstić information content (AvgIpc) is 2.43. The van der Waals surface area contributed by atoms with E-state index in [1.165, 1.54) is 0 Å². The number of nitrogens with one attached hydrogen (secondary N) is 1. The molecular weight excluding hydrogens is 264 g/mol. The van der Waals surface area contributed by atoms with Crippen molar-refractivity contribution in [2.45, 2.75) is 19.9 Å². The second-order valence-electron chi connectivity index (χ2n) is 5.53. The normalized spacial score (nSPS) is 12.7. The number of hydrogen-bond acceptors (Lipinski definition) is 4. The monoisotopic (exact) mass is 292 g/mol. The number of rotatable bonds is 9. The van der Waals surface area contributed by atoms with Crippen molar-refractivity contribution in [1.82, 2.24) is 9.80 Å². The van der Waals surface area contributed by atoms with E-state index < -0.39 is 0 Å². The van der Waals surface area contributed by atoms with Crippen LogP contribution in [0.25, 0.3) is 0 Å². The van der Waals surface area contributed by atoms with Crippen molar-refractivity contribution in [3.8, 4) is 5.75 Å². The molecule has 0 amide bonds. The maximum absolute atomic E-state index is 7.35. The molecule has 21 heavy (non-hydrogen) atoms. The molecule has 0 saturated carbocycles. The molecule has 1 aromatic rings. The Balaban J connectivity index is 2.42. The van der Waals surface area contributed by atoms with Gasteiger partial charge in [0.1, 0.15) is 18.2 Å². The Labute approximate surface area is 128 Å². The number of ether oxygens (including phenoxy) is 1. The molecular formula is C16H28N4O. The van der Waals surface area contributed by atoms with Crippen molar-refractivity contribution >= 4 is 5.84 Å². The maximum atomic E-state index is 7.35. The zero-order valence-corrected chi connectivity index (χ0v) is 13.6. The predicted molar refractivity (Wildman–Crippen MR) is 88.2 cm³/mol. The number of benzene rings is 1. The number of hydrogen-bond donors (Lipinski definition) is 2. The molecule has 1 unspecified atom stereocenters. The fourth-order valence-corrected chi connectivity index (χ4v) is 2.35. The van der Waals surface area contributed by atoms with Gasteiger partial charge in [-0.25, -0.2) is 0 Å². The first-order valence-electron chi connectivity index (χ1n) is 7.40. The van der Waals surface area contributed by atoms with Gasteiger partial charge in [-0.05, 0) is 51.8 Å². The Morgan fingerprint density at radius 2 is 1.90 bits per heavy atom. The lowest BCUT2D eigenvalue weighted by molar-refractivity contribution is 0.152. The Hall–Kier alpha value is -1.59. The summed E-state index contributed by atoms with van der Waals surface area (Å²) in [6, 6.07) is 7.84. The summed E-state index contributed by atoms with van der Waals surface area (Å²) in [7, 11) is 4.19. The van der Waals surface area contributed by atoms with Crippen LogP contribution >= 0.6 is 0 Å². The number of likely N-dealkylation sites (N-methyl/N-ethyl adjacent to an activating group) is 2. The minimum absolute atomic E-state index is 0.0798. The van der Waals surface area contributed by atoms with Crippen LogP contribution in [0.1, 0.15) is 19.4 Å². The van der Waals surface area contributed by atoms with Gasteiger partial charge >= 0.3 is 0 Å². The third-order valence-electron chi connectivity index (χ3n) is 3.47. The fraction of sp³-hybridized carbons (Fsp3) is 0.562. The summed E-state index contributed by atoms with van der Waals surface area (Å²) in [6.07, 6.45) is 0. The summed E-state index contributed by atoms with van der Waals surface area (Å²) in [4.78, 5) is 4.61. The van der Waals surface area contributed by atoms with Gasteiger partial charge in [0.25, 0.3) is 0 Å². The molecule has 1 rings (SSSR count). The highest BCUT2D eigenvalue weighted by Crippen LogP contribution is 2.12. The van der Waals surface area contributed by atoms with E-state index in [9.17, 15) is 0 Å². The van der Waals surface area contributed by atoms with E-state index in [0.717, 1.165) is 30.9 Å². The van der Waals surface area contributed by atoms with Crippen molar-refractivity contribution in [2.24, 2.45) is 5.73 Å². The smallest absolute Gasteiger partial charge is 0.122 e. The summed E-state index contributed by atoms with van der Waals surface area (Å²) < 4.78 is 5.76. The molecule has 5 heteroatoms. The van der Waals surface area contributed by atoms with Gasteiger partial charge in [-0.3, -0.25) is 10.3 Å². The zero-order chi connectivity index (χ0) is 15.8. The van der Waals surface area contributed by atoms with Crippen molar-refractivity contribution < 1.29 is 4.74 Å². The highest BCUT2D eigenvalue weighted by Gasteiger charge is 2.12. The molecule has 0 heterocycles. The lowest BCUT2D eigenvalue weighted by Gasteiger charge is -2.29. The van der Waals surface area contributed by atoms with Crippen molar-refractivity contribution in [3.05, 3.63) is 29.8 Å². The molecule has 118 valence electrons. The molecule has 0 bridgehead atoms. The van der Waals surface area contributed by atoms with Crippen LogP contribution in [0.2, 0.25) is 0 Å². The lowest BCUT2D eigenvalue weighted by Crippen LogP contribution is -2.41. The van der Waals surface area contributed by atoms with E-state index in [1.807, 2.05) is 24.3 Å². The molecule has 3 N–H and O–H groups in total. The van der Waals surface area contributed by atoms with Crippen LogP contribution in [0.15, 0.2) is 24.3 Å². The van der Waals surface area contributed by atoms with Gasteiger partial charge in [-0.1, -0.05) is 6.92 Å². The fourth-order valence-electron chi connectivity index (χ4n) is 2.35. The molecule has 0 aliphatic carbocycles. The SMILES string of the molecule is CCN(CCOc1ccc(C(=N)N)cc1)C(C)CN(C)C. The summed E-state index contributed by atoms with van der Waals surface area (Å²) in [5.41, 5.74) is 6.15. The molecule has 0 aliphatic heterocycles. The van der Waals surface area contributed by atoms with E-state index in [2.05, 4.69) is 37.7 Å². The Kier molecular flexibility index (Phi) is 7.19. The first-order valence-corrected chi connectivity index (χ1v) is 7.40. The van der Waals surface area contributed by atoms with Crippen molar-refractivity contribution in [1.29, 1.82) is 5.41 Å². The van der Waals surface area contributed by atoms with Crippen molar-refractivity contribution in [3.63, 3.8) is 0 Å². The minimum atomic E-state index is 0.0798. The Bertz CT molecular complexity index is 430. The molecule has 5 nitrogen and oxygen atoms in total. The maximum Gasteiger partial charge on any atom is 0.122 e. The van der Waals surface area contributed by atoms with Gasteiger partial charge in [0.05, 0.1) is 0 Å². The summed E-state index contributed by atoms with van der Waals surface area (Å²) >= 11 is 0. The van der Waals surface area contributed by atoms with E-state index in [1.54, 1.807) is 0 Å². The molecule has 0 spiro atoms. The first-order chi connectivity index (χ1) is 9.93. The van der Waals surface area contributed by atoms with Gasteiger partial charge < -0.3 is 15.4 Å². The van der Waals surface area contributed by atoms with Gasteiger partial charge in [0.15, 0.2) is 0 Å². The molecule has 1 aromatic carbocycles. The topological polar surface area (TPSA) is 65.6 Å². The van der Waals surface area contributed by atoms with Crippen molar-refractivity contribution in [2.75, 3.05) is 40.3 Å². The Morgan fingerprint density at radius 1 is 1.29 bits per heavy atom. The first kappa shape index (κ1) is 17.5. The largest absolute Gasteiger partial charge is 0.492 e. The van der Waals surface area contributed by atoms with Crippen LogP contribution in [-0.4, -0.2) is 62.0 Å². The molecule has 0 radical (unpaired) electrons. The zero-order valence-electron chi connectivity index (χ0n) is 13.6. The van der Waals surface area contributed by atoms with E-state index in [0.29, 0.717) is 12.6 Å². The summed E-state index contributed by atoms with van der Waals surface area (Å²) in [5.74, 6) is 0.896. The molecule has 0 saturated heterocycles. The standard InChI is InChI=1S/C16H28N4O/c1-5-20(13(2)12-19(3)4)10-11-21-15-8-6-14(7-9-15)16(17)18/h6-9,13H,5,10-12H2,1-4H3,(H3,17,18). The second-order valence-corrected chi connectivity index (χ2v) is 5.53. The summed E-state index contributed by atoms with van der Waals surface area (Å²) in [5, 5.41) is 7.35. The van der Waals surface area contributed by atoms with Crippen LogP contribution in [-0.2, 0) is 0 Å². The molecule has 0 fully saturated rings. The van der Waals surface area contributed by atoms with Gasteiger partial charge in [0, 0.05) is 24.7 Å². The van der Waals surface area contributed by atoms with Crippen LogP contribution < -0.4 is 10.5 Å². The Morgan fingerprint density at radius 3 is 2.38 bits per heavy atom. The van der Waals surface area contributed by atoms with E-state index in [4.69, 9.17) is 15.9 Å².